The van der Waals surface area contributed by atoms with E-state index in [2.05, 4.69) is 31.0 Å². The second-order valence-corrected chi connectivity index (χ2v) is 5.90. The number of nitrogens with one attached hydrogen (secondary N) is 1. The maximum Gasteiger partial charge on any atom is 0.241 e. The van der Waals surface area contributed by atoms with Gasteiger partial charge >= 0.3 is 0 Å². The van der Waals surface area contributed by atoms with E-state index in [0.717, 1.165) is 31.7 Å². The minimum absolute atomic E-state index is 0.167. The van der Waals surface area contributed by atoms with E-state index < -0.39 is 0 Å². The molecule has 1 aromatic carbocycles. The second kappa shape index (κ2) is 7.57. The summed E-state index contributed by atoms with van der Waals surface area (Å²) in [5.74, 6) is 0.185. The summed E-state index contributed by atoms with van der Waals surface area (Å²) in [5, 5.41) is 3.38. The molecule has 1 unspecified atom stereocenters. The van der Waals surface area contributed by atoms with Crippen LogP contribution in [0.3, 0.4) is 0 Å². The average Bonchev–Trinajstić information content (AvgIpc) is 2.99. The molecule has 0 bridgehead atoms. The fourth-order valence-electron chi connectivity index (χ4n) is 3.02. The summed E-state index contributed by atoms with van der Waals surface area (Å²) in [7, 11) is 0. The zero-order valence-electron chi connectivity index (χ0n) is 13.4. The van der Waals surface area contributed by atoms with Crippen LogP contribution < -0.4 is 10.2 Å². The van der Waals surface area contributed by atoms with Gasteiger partial charge in [0.15, 0.2) is 0 Å². The Kier molecular flexibility index (Phi) is 5.76. The Bertz CT molecular complexity index is 441. The van der Waals surface area contributed by atoms with Crippen LogP contribution in [0.5, 0.6) is 0 Å². The molecule has 21 heavy (non-hydrogen) atoms. The lowest BCUT2D eigenvalue weighted by Crippen LogP contribution is -2.47. The summed E-state index contributed by atoms with van der Waals surface area (Å²) in [6, 6.07) is 10.6. The highest BCUT2D eigenvalue weighted by molar-refractivity contribution is 5.95. The van der Waals surface area contributed by atoms with Crippen LogP contribution in [-0.4, -0.2) is 49.1 Å². The molecule has 0 spiro atoms. The lowest BCUT2D eigenvalue weighted by Gasteiger charge is -2.32. The number of carbonyl (C=O) groups excluding carboxylic acids is 1. The summed E-state index contributed by atoms with van der Waals surface area (Å²) < 4.78 is 0. The molecular weight excluding hydrogens is 262 g/mol. The van der Waals surface area contributed by atoms with E-state index in [1.165, 1.54) is 0 Å². The first-order chi connectivity index (χ1) is 10.1. The van der Waals surface area contributed by atoms with Crippen molar-refractivity contribution in [1.82, 2.24) is 10.2 Å². The first kappa shape index (κ1) is 16.0. The van der Waals surface area contributed by atoms with Gasteiger partial charge in [0.05, 0.1) is 6.54 Å². The van der Waals surface area contributed by atoms with Gasteiger partial charge in [0, 0.05) is 24.3 Å². The normalized spacial score (nSPS) is 18.4. The average molecular weight is 289 g/mol. The van der Waals surface area contributed by atoms with E-state index in [0.29, 0.717) is 12.6 Å². The van der Waals surface area contributed by atoms with Gasteiger partial charge in [0.25, 0.3) is 0 Å². The Morgan fingerprint density at radius 3 is 2.57 bits per heavy atom. The molecule has 4 heteroatoms. The number of hydrogen-bond donors (Lipinski definition) is 1. The topological polar surface area (TPSA) is 35.6 Å². The van der Waals surface area contributed by atoms with Gasteiger partial charge in [0.2, 0.25) is 5.91 Å². The van der Waals surface area contributed by atoms with E-state index in [4.69, 9.17) is 0 Å². The van der Waals surface area contributed by atoms with Crippen molar-refractivity contribution < 1.29 is 4.79 Å². The predicted octanol–water partition coefficient (Wildman–Crippen LogP) is 2.11. The van der Waals surface area contributed by atoms with E-state index in [9.17, 15) is 4.79 Å². The molecule has 4 nitrogen and oxygen atoms in total. The van der Waals surface area contributed by atoms with Crippen molar-refractivity contribution in [2.24, 2.45) is 0 Å². The molecule has 1 N–H and O–H groups in total. The van der Waals surface area contributed by atoms with E-state index in [-0.39, 0.29) is 11.9 Å². The number of para-hydroxylation sites is 1. The lowest BCUT2D eigenvalue weighted by atomic mass is 10.2. The minimum Gasteiger partial charge on any atom is -0.315 e. The summed E-state index contributed by atoms with van der Waals surface area (Å²) in [6.07, 6.45) is 1.13. The highest BCUT2D eigenvalue weighted by Gasteiger charge is 2.26. The fourth-order valence-corrected chi connectivity index (χ4v) is 3.02. The molecule has 0 saturated carbocycles. The smallest absolute Gasteiger partial charge is 0.241 e. The second-order valence-electron chi connectivity index (χ2n) is 5.90. The number of anilines is 1. The van der Waals surface area contributed by atoms with Gasteiger partial charge in [-0.25, -0.2) is 0 Å². The van der Waals surface area contributed by atoms with Crippen LogP contribution in [0.2, 0.25) is 0 Å². The van der Waals surface area contributed by atoms with Crippen LogP contribution in [0.15, 0.2) is 30.3 Å². The number of rotatable bonds is 6. The number of benzene rings is 1. The molecule has 0 radical (unpaired) electrons. The Labute approximate surface area is 128 Å². The van der Waals surface area contributed by atoms with Gasteiger partial charge in [0.1, 0.15) is 0 Å². The monoisotopic (exact) mass is 289 g/mol. The van der Waals surface area contributed by atoms with Crippen molar-refractivity contribution in [2.45, 2.75) is 39.3 Å². The van der Waals surface area contributed by atoms with Crippen molar-refractivity contribution >= 4 is 11.6 Å². The molecule has 1 heterocycles. The van der Waals surface area contributed by atoms with E-state index >= 15 is 0 Å². The molecule has 1 saturated heterocycles. The molecule has 0 aliphatic carbocycles. The van der Waals surface area contributed by atoms with Gasteiger partial charge in [-0.05, 0) is 45.5 Å². The molecule has 1 atom stereocenters. The quantitative estimate of drug-likeness (QED) is 0.871. The minimum atomic E-state index is 0.167. The van der Waals surface area contributed by atoms with Crippen molar-refractivity contribution in [1.29, 1.82) is 0 Å². The van der Waals surface area contributed by atoms with Gasteiger partial charge in [-0.1, -0.05) is 25.1 Å². The van der Waals surface area contributed by atoms with E-state index in [1.807, 2.05) is 35.2 Å². The van der Waals surface area contributed by atoms with Crippen LogP contribution in [0.1, 0.15) is 27.2 Å². The molecule has 116 valence electrons. The van der Waals surface area contributed by atoms with Gasteiger partial charge in [-0.15, -0.1) is 0 Å². The number of amides is 1. The van der Waals surface area contributed by atoms with Crippen molar-refractivity contribution in [3.05, 3.63) is 30.3 Å². The van der Waals surface area contributed by atoms with Crippen LogP contribution >= 0.6 is 0 Å². The van der Waals surface area contributed by atoms with Crippen molar-refractivity contribution in [2.75, 3.05) is 31.1 Å². The summed E-state index contributed by atoms with van der Waals surface area (Å²) in [6.45, 7) is 9.73. The number of carbonyl (C=O) groups is 1. The zero-order chi connectivity index (χ0) is 15.2. The van der Waals surface area contributed by atoms with E-state index in [1.54, 1.807) is 0 Å². The summed E-state index contributed by atoms with van der Waals surface area (Å²) in [5.41, 5.74) is 0.984. The highest BCUT2D eigenvalue weighted by atomic mass is 16.2. The van der Waals surface area contributed by atoms with Crippen LogP contribution in [0, 0.1) is 0 Å². The number of likely N-dealkylation sites (N-methyl/N-ethyl adjacent to an activating group) is 1. The van der Waals surface area contributed by atoms with Gasteiger partial charge in [-0.2, -0.15) is 0 Å². The Morgan fingerprint density at radius 2 is 2.05 bits per heavy atom. The first-order valence-corrected chi connectivity index (χ1v) is 7.95. The standard InChI is InChI=1S/C17H27N3O/c1-4-19(16-10-11-18-12-16)13-17(21)20(14(2)3)15-8-6-5-7-9-15/h5-9,14,16,18H,4,10-13H2,1-3H3. The SMILES string of the molecule is CCN(CC(=O)N(c1ccccc1)C(C)C)C1CCNC1. The maximum atomic E-state index is 12.8. The molecule has 1 aliphatic heterocycles. The van der Waals surface area contributed by atoms with Crippen LogP contribution in [0.4, 0.5) is 5.69 Å². The number of nitrogens with zero attached hydrogens (tertiary/aromatic N) is 2. The largest absolute Gasteiger partial charge is 0.315 e. The van der Waals surface area contributed by atoms with Crippen molar-refractivity contribution in [3.63, 3.8) is 0 Å². The molecule has 0 aromatic heterocycles. The third kappa shape index (κ3) is 4.05. The highest BCUT2D eigenvalue weighted by Crippen LogP contribution is 2.18. The molecule has 1 amide bonds. The van der Waals surface area contributed by atoms with Gasteiger partial charge in [-0.3, -0.25) is 9.69 Å². The van der Waals surface area contributed by atoms with Gasteiger partial charge < -0.3 is 10.2 Å². The molecule has 1 fully saturated rings. The third-order valence-electron chi connectivity index (χ3n) is 4.11. The summed E-state index contributed by atoms with van der Waals surface area (Å²) in [4.78, 5) is 17.0. The first-order valence-electron chi connectivity index (χ1n) is 7.95. The van der Waals surface area contributed by atoms with Crippen molar-refractivity contribution in [3.8, 4) is 0 Å². The molecule has 2 rings (SSSR count). The molecule has 1 aliphatic rings. The maximum absolute atomic E-state index is 12.8. The third-order valence-corrected chi connectivity index (χ3v) is 4.11. The molecule has 1 aromatic rings. The number of hydrogen-bond acceptors (Lipinski definition) is 3. The Morgan fingerprint density at radius 1 is 1.33 bits per heavy atom. The Hall–Kier alpha value is -1.39. The van der Waals surface area contributed by atoms with Crippen LogP contribution in [0.25, 0.3) is 0 Å². The fraction of sp³-hybridized carbons (Fsp3) is 0.588. The summed E-state index contributed by atoms with van der Waals surface area (Å²) >= 11 is 0. The lowest BCUT2D eigenvalue weighted by molar-refractivity contribution is -0.120. The van der Waals surface area contributed by atoms with Crippen LogP contribution in [-0.2, 0) is 4.79 Å². The molecular formula is C17H27N3O. The zero-order valence-corrected chi connectivity index (χ0v) is 13.4. The Balaban J connectivity index is 2.08. The predicted molar refractivity (Wildman–Crippen MR) is 87.6 cm³/mol.